The molecule has 1 fully saturated rings. The van der Waals surface area contributed by atoms with Crippen LogP contribution in [0.1, 0.15) is 23.2 Å². The van der Waals surface area contributed by atoms with E-state index in [1.165, 1.54) is 14.2 Å². The van der Waals surface area contributed by atoms with E-state index in [1.807, 2.05) is 0 Å². The maximum atomic E-state index is 12.4. The van der Waals surface area contributed by atoms with E-state index in [2.05, 4.69) is 26.6 Å². The fourth-order valence-electron chi connectivity index (χ4n) is 2.28. The summed E-state index contributed by atoms with van der Waals surface area (Å²) >= 11 is 3.31. The first kappa shape index (κ1) is 16.6. The topological polar surface area (TPSA) is 96.9 Å². The molecule has 0 aliphatic carbocycles. The number of rotatable bonds is 5. The number of benzene rings is 1. The normalized spacial score (nSPS) is 20.5. The molecule has 0 saturated carbocycles. The van der Waals surface area contributed by atoms with Crippen molar-refractivity contribution < 1.29 is 24.2 Å². The smallest absolute Gasteiger partial charge is 0.259 e. The molecule has 0 bridgehead atoms. The monoisotopic (exact) mass is 372 g/mol. The van der Waals surface area contributed by atoms with Crippen molar-refractivity contribution in [3.63, 3.8) is 0 Å². The Bertz CT molecular complexity index is 607. The first-order valence-electron chi connectivity index (χ1n) is 6.62. The van der Waals surface area contributed by atoms with Crippen molar-refractivity contribution in [2.45, 2.75) is 18.6 Å². The highest BCUT2D eigenvalue weighted by Gasteiger charge is 2.36. The third-order valence-corrected chi connectivity index (χ3v) is 4.03. The lowest BCUT2D eigenvalue weighted by Gasteiger charge is -2.23. The van der Waals surface area contributed by atoms with Crippen molar-refractivity contribution in [2.75, 3.05) is 20.8 Å². The average Bonchev–Trinajstić information content (AvgIpc) is 2.84. The Hall–Kier alpha value is -1.80. The number of carbonyl (C=O) groups excluding carboxylic acids is 2. The van der Waals surface area contributed by atoms with Gasteiger partial charge in [-0.05, 0) is 28.1 Å². The van der Waals surface area contributed by atoms with E-state index in [0.29, 0.717) is 16.0 Å². The standard InChI is InChI=1S/C14H17BrN2O5/c1-21-9-4-3-8(15)12(22-2)11(9)13(19)16-7-14(20)6-5-10(18)17-14/h3-4,20H,5-7H2,1-2H3,(H,16,19)(H,17,18)/t14-/m1/s1. The van der Waals surface area contributed by atoms with Crippen molar-refractivity contribution in [3.8, 4) is 11.5 Å². The van der Waals surface area contributed by atoms with Gasteiger partial charge in [-0.25, -0.2) is 0 Å². The number of halogens is 1. The van der Waals surface area contributed by atoms with Crippen molar-refractivity contribution in [1.82, 2.24) is 10.6 Å². The molecule has 2 rings (SSSR count). The predicted molar refractivity (Wildman–Crippen MR) is 81.9 cm³/mol. The van der Waals surface area contributed by atoms with Gasteiger partial charge in [0.1, 0.15) is 17.1 Å². The maximum Gasteiger partial charge on any atom is 0.259 e. The molecule has 0 aromatic heterocycles. The van der Waals surface area contributed by atoms with Gasteiger partial charge in [0.05, 0.1) is 25.2 Å². The highest BCUT2D eigenvalue weighted by atomic mass is 79.9. The van der Waals surface area contributed by atoms with Crippen LogP contribution < -0.4 is 20.1 Å². The third kappa shape index (κ3) is 3.33. The summed E-state index contributed by atoms with van der Waals surface area (Å²) < 4.78 is 11.0. The summed E-state index contributed by atoms with van der Waals surface area (Å²) in [6.45, 7) is -0.101. The van der Waals surface area contributed by atoms with Gasteiger partial charge in [-0.3, -0.25) is 9.59 Å². The second-order valence-electron chi connectivity index (χ2n) is 4.92. The second-order valence-corrected chi connectivity index (χ2v) is 5.77. The quantitative estimate of drug-likeness (QED) is 0.709. The molecule has 2 amide bonds. The summed E-state index contributed by atoms with van der Waals surface area (Å²) in [5, 5.41) is 15.2. The molecule has 8 heteroatoms. The lowest BCUT2D eigenvalue weighted by Crippen LogP contribution is -2.50. The molecule has 1 aliphatic rings. The lowest BCUT2D eigenvalue weighted by molar-refractivity contribution is -0.121. The van der Waals surface area contributed by atoms with Crippen molar-refractivity contribution in [1.29, 1.82) is 0 Å². The zero-order valence-electron chi connectivity index (χ0n) is 12.2. The van der Waals surface area contributed by atoms with E-state index in [4.69, 9.17) is 9.47 Å². The molecule has 1 atom stereocenters. The van der Waals surface area contributed by atoms with Crippen LogP contribution in [0.3, 0.4) is 0 Å². The van der Waals surface area contributed by atoms with Crippen LogP contribution in [0.4, 0.5) is 0 Å². The zero-order chi connectivity index (χ0) is 16.3. The number of methoxy groups -OCH3 is 2. The fourth-order valence-corrected chi connectivity index (χ4v) is 2.77. The number of hydrogen-bond acceptors (Lipinski definition) is 5. The highest BCUT2D eigenvalue weighted by molar-refractivity contribution is 9.10. The first-order valence-corrected chi connectivity index (χ1v) is 7.41. The highest BCUT2D eigenvalue weighted by Crippen LogP contribution is 2.35. The summed E-state index contributed by atoms with van der Waals surface area (Å²) in [6, 6.07) is 3.34. The van der Waals surface area contributed by atoms with Gasteiger partial charge in [0.2, 0.25) is 5.91 Å². The molecule has 0 spiro atoms. The van der Waals surface area contributed by atoms with Gasteiger partial charge >= 0.3 is 0 Å². The predicted octanol–water partition coefficient (Wildman–Crippen LogP) is 0.795. The Morgan fingerprint density at radius 3 is 2.73 bits per heavy atom. The molecule has 7 nitrogen and oxygen atoms in total. The number of hydrogen-bond donors (Lipinski definition) is 3. The molecule has 120 valence electrons. The Morgan fingerprint density at radius 1 is 1.45 bits per heavy atom. The molecular formula is C14H17BrN2O5. The van der Waals surface area contributed by atoms with Crippen LogP contribution in [-0.4, -0.2) is 43.4 Å². The van der Waals surface area contributed by atoms with Crippen LogP contribution in [0, 0.1) is 0 Å². The molecule has 3 N–H and O–H groups in total. The molecule has 1 aliphatic heterocycles. The van der Waals surface area contributed by atoms with Gasteiger partial charge in [0.15, 0.2) is 5.72 Å². The summed E-state index contributed by atoms with van der Waals surface area (Å²) in [5.74, 6) is -0.0294. The summed E-state index contributed by atoms with van der Waals surface area (Å²) in [4.78, 5) is 23.6. The minimum atomic E-state index is -1.42. The van der Waals surface area contributed by atoms with Gasteiger partial charge in [0, 0.05) is 12.8 Å². The molecule has 1 heterocycles. The maximum absolute atomic E-state index is 12.4. The number of ether oxygens (including phenoxy) is 2. The van der Waals surface area contributed by atoms with E-state index in [-0.39, 0.29) is 30.9 Å². The summed E-state index contributed by atoms with van der Waals surface area (Å²) in [6.07, 6.45) is 0.481. The molecule has 22 heavy (non-hydrogen) atoms. The van der Waals surface area contributed by atoms with E-state index in [1.54, 1.807) is 12.1 Å². The Morgan fingerprint density at radius 2 is 2.18 bits per heavy atom. The largest absolute Gasteiger partial charge is 0.496 e. The van der Waals surface area contributed by atoms with E-state index >= 15 is 0 Å². The zero-order valence-corrected chi connectivity index (χ0v) is 13.8. The van der Waals surface area contributed by atoms with Crippen LogP contribution in [-0.2, 0) is 4.79 Å². The number of nitrogens with one attached hydrogen (secondary N) is 2. The first-order chi connectivity index (χ1) is 10.4. The summed E-state index contributed by atoms with van der Waals surface area (Å²) in [5.41, 5.74) is -1.20. The molecular weight excluding hydrogens is 356 g/mol. The van der Waals surface area contributed by atoms with E-state index in [0.717, 1.165) is 0 Å². The lowest BCUT2D eigenvalue weighted by atomic mass is 10.1. The van der Waals surface area contributed by atoms with Gasteiger partial charge in [-0.2, -0.15) is 0 Å². The van der Waals surface area contributed by atoms with Crippen molar-refractivity contribution in [2.24, 2.45) is 0 Å². The van der Waals surface area contributed by atoms with Crippen LogP contribution in [0.25, 0.3) is 0 Å². The molecule has 1 aromatic carbocycles. The minimum Gasteiger partial charge on any atom is -0.496 e. The second kappa shape index (κ2) is 6.53. The van der Waals surface area contributed by atoms with Gasteiger partial charge < -0.3 is 25.2 Å². The van der Waals surface area contributed by atoms with Gasteiger partial charge in [-0.15, -0.1) is 0 Å². The van der Waals surface area contributed by atoms with Gasteiger partial charge in [0.25, 0.3) is 5.91 Å². The van der Waals surface area contributed by atoms with Crippen LogP contribution >= 0.6 is 15.9 Å². The fraction of sp³-hybridized carbons (Fsp3) is 0.429. The van der Waals surface area contributed by atoms with Crippen molar-refractivity contribution >= 4 is 27.7 Å². The van der Waals surface area contributed by atoms with Gasteiger partial charge in [-0.1, -0.05) is 0 Å². The minimum absolute atomic E-state index is 0.101. The number of carbonyl (C=O) groups is 2. The SMILES string of the molecule is COc1ccc(Br)c(OC)c1C(=O)NC[C@]1(O)CCC(=O)N1. The average molecular weight is 373 g/mol. The van der Waals surface area contributed by atoms with Crippen LogP contribution in [0.2, 0.25) is 0 Å². The molecule has 1 aromatic rings. The summed E-state index contributed by atoms with van der Waals surface area (Å²) in [7, 11) is 2.89. The van der Waals surface area contributed by atoms with E-state index in [9.17, 15) is 14.7 Å². The number of amides is 2. The Balaban J connectivity index is 2.19. The number of aliphatic hydroxyl groups is 1. The third-order valence-electron chi connectivity index (χ3n) is 3.40. The Labute approximate surface area is 136 Å². The van der Waals surface area contributed by atoms with Crippen molar-refractivity contribution in [3.05, 3.63) is 22.2 Å². The van der Waals surface area contributed by atoms with Crippen LogP contribution in [0.5, 0.6) is 11.5 Å². The molecule has 1 saturated heterocycles. The Kier molecular flexibility index (Phi) is 4.92. The van der Waals surface area contributed by atoms with E-state index < -0.39 is 11.6 Å². The van der Waals surface area contributed by atoms with Crippen LogP contribution in [0.15, 0.2) is 16.6 Å². The molecule has 0 unspecified atom stereocenters. The molecule has 0 radical (unpaired) electrons.